The summed E-state index contributed by atoms with van der Waals surface area (Å²) >= 11 is 6.40. The van der Waals surface area contributed by atoms with Gasteiger partial charge in [-0.15, -0.1) is 0 Å². The average molecular weight is 408 g/mol. The number of amides is 1. The zero-order chi connectivity index (χ0) is 19.9. The minimum Gasteiger partial charge on any atom is -0.493 e. The number of rotatable bonds is 8. The predicted octanol–water partition coefficient (Wildman–Crippen LogP) is 2.88. The molecular formula is C22H32ClN2O3+. The van der Waals surface area contributed by atoms with Gasteiger partial charge in [-0.25, -0.2) is 0 Å². The van der Waals surface area contributed by atoms with Gasteiger partial charge in [-0.2, -0.15) is 0 Å². The minimum absolute atomic E-state index is 0.218. The van der Waals surface area contributed by atoms with Gasteiger partial charge in [0.15, 0.2) is 18.1 Å². The molecule has 1 atom stereocenters. The minimum atomic E-state index is -0.542. The first-order valence-corrected chi connectivity index (χ1v) is 10.9. The maximum Gasteiger partial charge on any atom is 0.255 e. The Kier molecular flexibility index (Phi) is 5.49. The van der Waals surface area contributed by atoms with Crippen LogP contribution in [-0.4, -0.2) is 25.7 Å². The molecule has 4 N–H and O–H groups in total. The first-order chi connectivity index (χ1) is 13.4. The van der Waals surface area contributed by atoms with Crippen molar-refractivity contribution < 1.29 is 19.6 Å². The van der Waals surface area contributed by atoms with Crippen molar-refractivity contribution in [2.24, 2.45) is 28.9 Å². The zero-order valence-corrected chi connectivity index (χ0v) is 17.6. The Hall–Kier alpha value is -1.46. The molecule has 4 aliphatic rings. The molecule has 1 amide bonds. The van der Waals surface area contributed by atoms with Crippen LogP contribution in [0.4, 0.5) is 0 Å². The van der Waals surface area contributed by atoms with Crippen LogP contribution in [0.1, 0.15) is 51.0 Å². The van der Waals surface area contributed by atoms with Crippen LogP contribution in [0.3, 0.4) is 0 Å². The van der Waals surface area contributed by atoms with Crippen LogP contribution in [-0.2, 0) is 11.3 Å². The smallest absolute Gasteiger partial charge is 0.255 e. The quantitative estimate of drug-likeness (QED) is 0.695. The van der Waals surface area contributed by atoms with Gasteiger partial charge in [0.2, 0.25) is 0 Å². The molecule has 4 fully saturated rings. The van der Waals surface area contributed by atoms with Gasteiger partial charge in [0, 0.05) is 11.0 Å². The Balaban J connectivity index is 1.43. The van der Waals surface area contributed by atoms with E-state index in [1.54, 1.807) is 7.11 Å². The van der Waals surface area contributed by atoms with Gasteiger partial charge in [-0.3, -0.25) is 4.79 Å². The van der Waals surface area contributed by atoms with Crippen molar-refractivity contribution >= 4 is 17.5 Å². The van der Waals surface area contributed by atoms with Crippen molar-refractivity contribution in [1.29, 1.82) is 0 Å². The molecule has 0 unspecified atom stereocenters. The lowest BCUT2D eigenvalue weighted by Gasteiger charge is -2.57. The van der Waals surface area contributed by atoms with Gasteiger partial charge in [-0.1, -0.05) is 11.6 Å². The lowest BCUT2D eigenvalue weighted by atomic mass is 9.48. The van der Waals surface area contributed by atoms with Crippen LogP contribution >= 0.6 is 11.6 Å². The van der Waals surface area contributed by atoms with Crippen molar-refractivity contribution in [2.45, 2.75) is 58.0 Å². The van der Waals surface area contributed by atoms with Crippen LogP contribution in [0.5, 0.6) is 11.5 Å². The molecular weight excluding hydrogens is 376 g/mol. The van der Waals surface area contributed by atoms with E-state index in [9.17, 15) is 4.79 Å². The van der Waals surface area contributed by atoms with Crippen LogP contribution in [0.2, 0.25) is 5.02 Å². The van der Waals surface area contributed by atoms with Gasteiger partial charge in [0.1, 0.15) is 6.54 Å². The van der Waals surface area contributed by atoms with Crippen molar-refractivity contribution in [3.05, 3.63) is 22.7 Å². The van der Waals surface area contributed by atoms with Crippen molar-refractivity contribution in [3.8, 4) is 11.5 Å². The highest BCUT2D eigenvalue weighted by Crippen LogP contribution is 2.60. The fourth-order valence-corrected chi connectivity index (χ4v) is 6.76. The van der Waals surface area contributed by atoms with E-state index in [1.807, 2.05) is 12.1 Å². The van der Waals surface area contributed by atoms with Gasteiger partial charge >= 0.3 is 0 Å². The molecule has 0 aliphatic heterocycles. The Bertz CT molecular complexity index is 716. The predicted molar refractivity (Wildman–Crippen MR) is 108 cm³/mol. The molecule has 0 radical (unpaired) electrons. The summed E-state index contributed by atoms with van der Waals surface area (Å²) < 4.78 is 10.9. The molecule has 0 aromatic heterocycles. The Labute approximate surface area is 172 Å². The number of halogens is 1. The molecule has 1 aromatic carbocycles. The van der Waals surface area contributed by atoms with E-state index in [2.05, 4.69) is 12.2 Å². The molecule has 28 heavy (non-hydrogen) atoms. The number of quaternary nitrogens is 1. The zero-order valence-electron chi connectivity index (χ0n) is 16.9. The second-order valence-corrected chi connectivity index (χ2v) is 9.78. The second kappa shape index (κ2) is 7.75. The monoisotopic (exact) mass is 407 g/mol. The van der Waals surface area contributed by atoms with E-state index in [-0.39, 0.29) is 6.61 Å². The molecule has 154 valence electrons. The summed E-state index contributed by atoms with van der Waals surface area (Å²) in [6, 6.07) is 4.46. The maximum atomic E-state index is 11.0. The number of ether oxygens (including phenoxy) is 2. The van der Waals surface area contributed by atoms with E-state index in [0.29, 0.717) is 28.0 Å². The van der Waals surface area contributed by atoms with E-state index in [0.717, 1.165) is 29.9 Å². The molecule has 6 heteroatoms. The Morgan fingerprint density at radius 1 is 1.25 bits per heavy atom. The van der Waals surface area contributed by atoms with Gasteiger partial charge in [-0.05, 0) is 75.3 Å². The SMILES string of the molecule is COc1cc(C[NH2+][C@@H](C)C23CC4CC(CC(C4)C2)C3)cc(Cl)c1OCC(N)=O. The van der Waals surface area contributed by atoms with Gasteiger partial charge < -0.3 is 20.5 Å². The third-order valence-electron chi connectivity index (χ3n) is 7.41. The average Bonchev–Trinajstić information content (AvgIpc) is 2.63. The van der Waals surface area contributed by atoms with Crippen molar-refractivity contribution in [1.82, 2.24) is 0 Å². The molecule has 5 nitrogen and oxygen atoms in total. The molecule has 4 aliphatic carbocycles. The first-order valence-electron chi connectivity index (χ1n) is 10.5. The largest absolute Gasteiger partial charge is 0.493 e. The maximum absolute atomic E-state index is 11.0. The fraction of sp³-hybridized carbons (Fsp3) is 0.682. The van der Waals surface area contributed by atoms with E-state index < -0.39 is 5.91 Å². The summed E-state index contributed by atoms with van der Waals surface area (Å²) in [5.74, 6) is 3.29. The molecule has 4 bridgehead atoms. The fourth-order valence-electron chi connectivity index (χ4n) is 6.47. The van der Waals surface area contributed by atoms with Gasteiger partial charge in [0.25, 0.3) is 5.91 Å². The lowest BCUT2D eigenvalue weighted by molar-refractivity contribution is -0.717. The van der Waals surface area contributed by atoms with Gasteiger partial charge in [0.05, 0.1) is 18.2 Å². The number of benzene rings is 1. The number of carbonyl (C=O) groups excluding carboxylic acids is 1. The van der Waals surface area contributed by atoms with Crippen LogP contribution in [0.15, 0.2) is 12.1 Å². The lowest BCUT2D eigenvalue weighted by Crippen LogP contribution is -2.91. The van der Waals surface area contributed by atoms with Crippen LogP contribution in [0.25, 0.3) is 0 Å². The molecule has 0 heterocycles. The summed E-state index contributed by atoms with van der Waals surface area (Å²) in [6.45, 7) is 3.05. The third-order valence-corrected chi connectivity index (χ3v) is 7.69. The van der Waals surface area contributed by atoms with E-state index in [4.69, 9.17) is 26.8 Å². The summed E-state index contributed by atoms with van der Waals surface area (Å²) in [6.07, 6.45) is 8.69. The highest BCUT2D eigenvalue weighted by atomic mass is 35.5. The van der Waals surface area contributed by atoms with Crippen LogP contribution < -0.4 is 20.5 Å². The molecule has 4 saturated carbocycles. The van der Waals surface area contributed by atoms with Crippen molar-refractivity contribution in [3.63, 3.8) is 0 Å². The molecule has 5 rings (SSSR count). The Morgan fingerprint density at radius 2 is 1.86 bits per heavy atom. The number of nitrogens with two attached hydrogens (primary N) is 2. The highest BCUT2D eigenvalue weighted by molar-refractivity contribution is 6.32. The summed E-state index contributed by atoms with van der Waals surface area (Å²) in [5.41, 5.74) is 6.79. The number of hydrogen-bond donors (Lipinski definition) is 2. The second-order valence-electron chi connectivity index (χ2n) is 9.37. The van der Waals surface area contributed by atoms with Crippen LogP contribution in [0, 0.1) is 23.2 Å². The summed E-state index contributed by atoms with van der Waals surface area (Å²) in [4.78, 5) is 11.0. The third kappa shape index (κ3) is 3.84. The first kappa shape index (κ1) is 19.8. The topological polar surface area (TPSA) is 78.2 Å². The van der Waals surface area contributed by atoms with E-state index in [1.165, 1.54) is 38.5 Å². The van der Waals surface area contributed by atoms with Crippen molar-refractivity contribution in [2.75, 3.05) is 13.7 Å². The molecule has 0 saturated heterocycles. The normalized spacial score (nSPS) is 31.6. The number of carbonyl (C=O) groups is 1. The number of primary amides is 1. The Morgan fingerprint density at radius 3 is 2.39 bits per heavy atom. The number of hydrogen-bond acceptors (Lipinski definition) is 3. The highest BCUT2D eigenvalue weighted by Gasteiger charge is 2.54. The molecule has 0 spiro atoms. The molecule has 1 aromatic rings. The summed E-state index contributed by atoms with van der Waals surface area (Å²) in [5, 5.41) is 2.92. The van der Waals surface area contributed by atoms with E-state index >= 15 is 0 Å². The standard InChI is InChI=1S/C22H31ClN2O3/c1-13(22-8-14-3-15(9-22)5-16(4-14)10-22)25-11-17-6-18(23)21(19(7-17)27-2)28-12-20(24)26/h6-7,13-16,25H,3-5,8-12H2,1-2H3,(H2,24,26)/p+1/t13-,14?,15?,16?,22?/m0/s1. The summed E-state index contributed by atoms with van der Waals surface area (Å²) in [7, 11) is 1.58. The number of methoxy groups -OCH3 is 1.